The van der Waals surface area contributed by atoms with E-state index in [2.05, 4.69) is 0 Å². The quantitative estimate of drug-likeness (QED) is 0.767. The number of likely N-dealkylation sites (tertiary alicyclic amines) is 1. The third kappa shape index (κ3) is 2.62. The Morgan fingerprint density at radius 2 is 2.37 bits per heavy atom. The first-order valence-electron chi connectivity index (χ1n) is 6.21. The molecule has 6 heteroatoms. The van der Waals surface area contributed by atoms with Crippen molar-refractivity contribution in [2.45, 2.75) is 12.5 Å². The molecule has 0 spiro atoms. The average molecular weight is 263 g/mol. The highest BCUT2D eigenvalue weighted by Gasteiger charge is 2.30. The van der Waals surface area contributed by atoms with E-state index in [9.17, 15) is 9.90 Å². The first kappa shape index (κ1) is 13.6. The Morgan fingerprint density at radius 3 is 2.89 bits per heavy atom. The lowest BCUT2D eigenvalue weighted by Crippen LogP contribution is -2.47. The van der Waals surface area contributed by atoms with Gasteiger partial charge in [0, 0.05) is 38.9 Å². The van der Waals surface area contributed by atoms with E-state index in [1.807, 2.05) is 6.07 Å². The summed E-state index contributed by atoms with van der Waals surface area (Å²) < 4.78 is 1.62. The van der Waals surface area contributed by atoms with Gasteiger partial charge in [-0.3, -0.25) is 4.79 Å². The summed E-state index contributed by atoms with van der Waals surface area (Å²) in [7, 11) is 1.71. The van der Waals surface area contributed by atoms with Gasteiger partial charge in [0.15, 0.2) is 0 Å². The van der Waals surface area contributed by atoms with E-state index in [4.69, 9.17) is 10.4 Å². The van der Waals surface area contributed by atoms with E-state index in [-0.39, 0.29) is 25.0 Å². The number of aliphatic hydroxyl groups excluding tert-OH is 2. The number of aliphatic hydroxyl groups is 2. The number of piperidine rings is 1. The SMILES string of the molecule is Cn1cc(C#N)cc1C(=O)N1CC[C@H](CO)[C@@H](O)C1. The molecule has 1 aromatic rings. The number of carbonyl (C=O) groups is 1. The molecule has 1 fully saturated rings. The van der Waals surface area contributed by atoms with Crippen molar-refractivity contribution in [3.63, 3.8) is 0 Å². The Balaban J connectivity index is 2.12. The molecule has 102 valence electrons. The van der Waals surface area contributed by atoms with E-state index in [1.54, 1.807) is 28.8 Å². The summed E-state index contributed by atoms with van der Waals surface area (Å²) in [6, 6.07) is 3.55. The maximum absolute atomic E-state index is 12.3. The fraction of sp³-hybridized carbons (Fsp3) is 0.538. The molecule has 2 rings (SSSR count). The van der Waals surface area contributed by atoms with Crippen molar-refractivity contribution in [2.75, 3.05) is 19.7 Å². The number of amides is 1. The molecule has 0 unspecified atom stereocenters. The van der Waals surface area contributed by atoms with E-state index in [0.717, 1.165) is 0 Å². The first-order valence-corrected chi connectivity index (χ1v) is 6.21. The molecule has 1 aromatic heterocycles. The third-order valence-electron chi connectivity index (χ3n) is 3.60. The van der Waals surface area contributed by atoms with Crippen LogP contribution in [0.2, 0.25) is 0 Å². The Kier molecular flexibility index (Phi) is 3.88. The number of aryl methyl sites for hydroxylation is 1. The van der Waals surface area contributed by atoms with Crippen LogP contribution in [-0.2, 0) is 7.05 Å². The van der Waals surface area contributed by atoms with E-state index < -0.39 is 6.10 Å². The number of hydrogen-bond donors (Lipinski definition) is 2. The van der Waals surface area contributed by atoms with Crippen LogP contribution in [0, 0.1) is 17.2 Å². The standard InChI is InChI=1S/C13H17N3O3/c1-15-6-9(5-14)4-11(15)13(19)16-3-2-10(8-17)12(18)7-16/h4,6,10,12,17-18H,2-3,7-8H2,1H3/t10-,12+/m1/s1. The summed E-state index contributed by atoms with van der Waals surface area (Å²) in [5, 5.41) is 27.7. The van der Waals surface area contributed by atoms with Gasteiger partial charge >= 0.3 is 0 Å². The van der Waals surface area contributed by atoms with Crippen LogP contribution in [0.4, 0.5) is 0 Å². The predicted octanol–water partition coefficient (Wildman–Crippen LogP) is -0.288. The Labute approximate surface area is 111 Å². The molecule has 1 aliphatic heterocycles. The zero-order valence-electron chi connectivity index (χ0n) is 10.8. The second kappa shape index (κ2) is 5.43. The average Bonchev–Trinajstić information content (AvgIpc) is 2.79. The highest BCUT2D eigenvalue weighted by atomic mass is 16.3. The van der Waals surface area contributed by atoms with Crippen molar-refractivity contribution < 1.29 is 15.0 Å². The van der Waals surface area contributed by atoms with Crippen molar-refractivity contribution >= 4 is 5.91 Å². The maximum atomic E-state index is 12.3. The molecule has 6 nitrogen and oxygen atoms in total. The van der Waals surface area contributed by atoms with Crippen molar-refractivity contribution in [3.05, 3.63) is 23.5 Å². The van der Waals surface area contributed by atoms with Crippen molar-refractivity contribution in [1.29, 1.82) is 5.26 Å². The second-order valence-electron chi connectivity index (χ2n) is 4.89. The third-order valence-corrected chi connectivity index (χ3v) is 3.60. The van der Waals surface area contributed by atoms with Gasteiger partial charge in [0.05, 0.1) is 11.7 Å². The number of rotatable bonds is 2. The van der Waals surface area contributed by atoms with Crippen molar-refractivity contribution in [3.8, 4) is 6.07 Å². The Bertz CT molecular complexity index is 518. The summed E-state index contributed by atoms with van der Waals surface area (Å²) in [6.07, 6.45) is 1.49. The molecule has 1 aliphatic rings. The van der Waals surface area contributed by atoms with Crippen LogP contribution in [0.3, 0.4) is 0 Å². The zero-order valence-corrected chi connectivity index (χ0v) is 10.8. The lowest BCUT2D eigenvalue weighted by atomic mass is 9.94. The number of β-amino-alcohol motifs (C(OH)–C–C–N with tert-alkyl or cyclic N) is 1. The number of nitrogens with zero attached hydrogens (tertiary/aromatic N) is 3. The highest BCUT2D eigenvalue weighted by Crippen LogP contribution is 2.19. The molecule has 0 aliphatic carbocycles. The molecule has 0 saturated carbocycles. The summed E-state index contributed by atoms with van der Waals surface area (Å²) >= 11 is 0. The lowest BCUT2D eigenvalue weighted by molar-refractivity contribution is 0.000523. The molecule has 1 amide bonds. The van der Waals surface area contributed by atoms with Gasteiger partial charge in [-0.1, -0.05) is 0 Å². The van der Waals surface area contributed by atoms with Gasteiger partial charge in [0.2, 0.25) is 0 Å². The van der Waals surface area contributed by atoms with Crippen molar-refractivity contribution in [2.24, 2.45) is 13.0 Å². The minimum atomic E-state index is -0.696. The van der Waals surface area contributed by atoms with Crippen LogP contribution < -0.4 is 0 Å². The fourth-order valence-corrected chi connectivity index (χ4v) is 2.38. The maximum Gasteiger partial charge on any atom is 0.270 e. The number of carbonyl (C=O) groups excluding carboxylic acids is 1. The minimum absolute atomic E-state index is 0.0636. The molecule has 0 aromatic carbocycles. The van der Waals surface area contributed by atoms with Crippen molar-refractivity contribution in [1.82, 2.24) is 9.47 Å². The van der Waals surface area contributed by atoms with Crippen LogP contribution in [0.5, 0.6) is 0 Å². The second-order valence-corrected chi connectivity index (χ2v) is 4.89. The first-order chi connectivity index (χ1) is 9.06. The topological polar surface area (TPSA) is 89.5 Å². The summed E-state index contributed by atoms with van der Waals surface area (Å²) in [4.78, 5) is 13.9. The van der Waals surface area contributed by atoms with Gasteiger partial charge in [-0.25, -0.2) is 0 Å². The van der Waals surface area contributed by atoms with Crippen LogP contribution in [0.1, 0.15) is 22.5 Å². The molecule has 1 saturated heterocycles. The molecular formula is C13H17N3O3. The van der Waals surface area contributed by atoms with E-state index in [0.29, 0.717) is 24.2 Å². The number of nitriles is 1. The Hall–Kier alpha value is -1.84. The zero-order chi connectivity index (χ0) is 14.0. The van der Waals surface area contributed by atoms with Gasteiger partial charge in [-0.05, 0) is 12.5 Å². The summed E-state index contributed by atoms with van der Waals surface area (Å²) in [5.74, 6) is -0.355. The monoisotopic (exact) mass is 263 g/mol. The smallest absolute Gasteiger partial charge is 0.270 e. The van der Waals surface area contributed by atoms with Gasteiger partial charge in [-0.2, -0.15) is 5.26 Å². The van der Waals surface area contributed by atoms with Gasteiger partial charge in [-0.15, -0.1) is 0 Å². The van der Waals surface area contributed by atoms with Crippen LogP contribution in [0.25, 0.3) is 0 Å². The van der Waals surface area contributed by atoms with Crippen LogP contribution in [0.15, 0.2) is 12.3 Å². The molecule has 0 bridgehead atoms. The van der Waals surface area contributed by atoms with Gasteiger partial charge < -0.3 is 19.7 Å². The fourth-order valence-electron chi connectivity index (χ4n) is 2.38. The lowest BCUT2D eigenvalue weighted by Gasteiger charge is -2.35. The Morgan fingerprint density at radius 1 is 1.63 bits per heavy atom. The minimum Gasteiger partial charge on any atom is -0.396 e. The molecular weight excluding hydrogens is 246 g/mol. The van der Waals surface area contributed by atoms with Gasteiger partial charge in [0.1, 0.15) is 11.8 Å². The highest BCUT2D eigenvalue weighted by molar-refractivity contribution is 5.93. The summed E-state index contributed by atoms with van der Waals surface area (Å²) in [6.45, 7) is 0.664. The number of aromatic nitrogens is 1. The van der Waals surface area contributed by atoms with Gasteiger partial charge in [0.25, 0.3) is 5.91 Å². The largest absolute Gasteiger partial charge is 0.396 e. The molecule has 2 heterocycles. The normalized spacial score (nSPS) is 23.2. The molecule has 0 radical (unpaired) electrons. The molecule has 19 heavy (non-hydrogen) atoms. The molecule has 2 N–H and O–H groups in total. The van der Waals surface area contributed by atoms with Crippen LogP contribution in [-0.4, -0.2) is 51.4 Å². The summed E-state index contributed by atoms with van der Waals surface area (Å²) in [5.41, 5.74) is 0.878. The van der Waals surface area contributed by atoms with Crippen LogP contribution >= 0.6 is 0 Å². The van der Waals surface area contributed by atoms with E-state index in [1.165, 1.54) is 0 Å². The van der Waals surface area contributed by atoms with E-state index >= 15 is 0 Å². The predicted molar refractivity (Wildman–Crippen MR) is 67.2 cm³/mol. The number of hydrogen-bond acceptors (Lipinski definition) is 4. The molecule has 2 atom stereocenters.